The first-order valence-corrected chi connectivity index (χ1v) is 6.76. The second-order valence-electron chi connectivity index (χ2n) is 5.10. The van der Waals surface area contributed by atoms with Crippen LogP contribution in [0.15, 0.2) is 42.5 Å². The molecule has 0 fully saturated rings. The zero-order valence-electron chi connectivity index (χ0n) is 12.0. The summed E-state index contributed by atoms with van der Waals surface area (Å²) in [5.41, 5.74) is 11.8. The van der Waals surface area contributed by atoms with Gasteiger partial charge in [-0.05, 0) is 50.6 Å². The molecule has 0 aliphatic rings. The third-order valence-electron chi connectivity index (χ3n) is 3.29. The molecule has 2 heteroatoms. The summed E-state index contributed by atoms with van der Waals surface area (Å²) in [5.74, 6) is 0. The van der Waals surface area contributed by atoms with Gasteiger partial charge >= 0.3 is 0 Å². The van der Waals surface area contributed by atoms with Crippen molar-refractivity contribution in [2.24, 2.45) is 0 Å². The lowest BCUT2D eigenvalue weighted by molar-refractivity contribution is 0.830. The quantitative estimate of drug-likeness (QED) is 0.838. The number of anilines is 2. The van der Waals surface area contributed by atoms with Gasteiger partial charge in [0.2, 0.25) is 0 Å². The standard InChI is InChI=1S/C17H22N2/c1-4-19(17-7-5-16(18)6-8-17)12-15-10-13(2)9-14(3)11-15/h5-11H,4,12,18H2,1-3H3. The Bertz CT molecular complexity index is 523. The van der Waals surface area contributed by atoms with Gasteiger partial charge in [0.05, 0.1) is 0 Å². The molecule has 100 valence electrons. The van der Waals surface area contributed by atoms with E-state index in [1.165, 1.54) is 22.4 Å². The van der Waals surface area contributed by atoms with Gasteiger partial charge in [-0.2, -0.15) is 0 Å². The fraction of sp³-hybridized carbons (Fsp3) is 0.294. The van der Waals surface area contributed by atoms with Crippen molar-refractivity contribution in [3.05, 3.63) is 59.2 Å². The molecule has 0 radical (unpaired) electrons. The van der Waals surface area contributed by atoms with Crippen molar-refractivity contribution < 1.29 is 0 Å². The van der Waals surface area contributed by atoms with Crippen molar-refractivity contribution in [1.29, 1.82) is 0 Å². The van der Waals surface area contributed by atoms with Gasteiger partial charge in [-0.1, -0.05) is 29.3 Å². The van der Waals surface area contributed by atoms with Crippen LogP contribution in [0, 0.1) is 13.8 Å². The Labute approximate surface area is 115 Å². The third kappa shape index (κ3) is 3.50. The van der Waals surface area contributed by atoms with Crippen molar-refractivity contribution in [3.8, 4) is 0 Å². The fourth-order valence-corrected chi connectivity index (χ4v) is 2.45. The van der Waals surface area contributed by atoms with E-state index in [1.807, 2.05) is 12.1 Å². The molecule has 0 saturated carbocycles. The van der Waals surface area contributed by atoms with Gasteiger partial charge < -0.3 is 10.6 Å². The summed E-state index contributed by atoms with van der Waals surface area (Å²) >= 11 is 0. The van der Waals surface area contributed by atoms with Crippen LogP contribution in [0.25, 0.3) is 0 Å². The number of aryl methyl sites for hydroxylation is 2. The van der Waals surface area contributed by atoms with Crippen molar-refractivity contribution in [3.63, 3.8) is 0 Å². The third-order valence-corrected chi connectivity index (χ3v) is 3.29. The lowest BCUT2D eigenvalue weighted by atomic mass is 10.1. The Morgan fingerprint density at radius 1 is 0.947 bits per heavy atom. The molecule has 0 amide bonds. The van der Waals surface area contributed by atoms with Gasteiger partial charge in [-0.25, -0.2) is 0 Å². The maximum Gasteiger partial charge on any atom is 0.0429 e. The number of rotatable bonds is 4. The van der Waals surface area contributed by atoms with Crippen molar-refractivity contribution in [2.75, 3.05) is 17.2 Å². The molecule has 2 rings (SSSR count). The Balaban J connectivity index is 2.21. The number of nitrogens with zero attached hydrogens (tertiary/aromatic N) is 1. The molecule has 2 nitrogen and oxygen atoms in total. The number of hydrogen-bond acceptors (Lipinski definition) is 2. The summed E-state index contributed by atoms with van der Waals surface area (Å²) in [6.07, 6.45) is 0. The molecule has 0 spiro atoms. The molecule has 0 saturated heterocycles. The lowest BCUT2D eigenvalue weighted by Crippen LogP contribution is -2.22. The first-order chi connectivity index (χ1) is 9.08. The van der Waals surface area contributed by atoms with Crippen LogP contribution < -0.4 is 10.6 Å². The second kappa shape index (κ2) is 5.79. The highest BCUT2D eigenvalue weighted by atomic mass is 15.1. The average Bonchev–Trinajstić information content (AvgIpc) is 2.36. The van der Waals surface area contributed by atoms with E-state index in [-0.39, 0.29) is 0 Å². The predicted molar refractivity (Wildman–Crippen MR) is 83.5 cm³/mol. The summed E-state index contributed by atoms with van der Waals surface area (Å²) in [4.78, 5) is 2.35. The zero-order chi connectivity index (χ0) is 13.8. The van der Waals surface area contributed by atoms with Crippen molar-refractivity contribution in [2.45, 2.75) is 27.3 Å². The molecule has 2 aromatic rings. The van der Waals surface area contributed by atoms with Crippen LogP contribution in [0.1, 0.15) is 23.6 Å². The molecule has 0 atom stereocenters. The monoisotopic (exact) mass is 254 g/mol. The van der Waals surface area contributed by atoms with Gasteiger partial charge in [0.25, 0.3) is 0 Å². The Kier molecular flexibility index (Phi) is 4.10. The molecular weight excluding hydrogens is 232 g/mol. The normalized spacial score (nSPS) is 10.5. The van der Waals surface area contributed by atoms with Crippen LogP contribution in [-0.2, 0) is 6.54 Å². The Hall–Kier alpha value is -1.96. The predicted octanol–water partition coefficient (Wildman–Crippen LogP) is 3.91. The summed E-state index contributed by atoms with van der Waals surface area (Å²) in [5, 5.41) is 0. The largest absolute Gasteiger partial charge is 0.399 e. The van der Waals surface area contributed by atoms with Crippen molar-refractivity contribution >= 4 is 11.4 Å². The van der Waals surface area contributed by atoms with Gasteiger partial charge in [0.15, 0.2) is 0 Å². The van der Waals surface area contributed by atoms with Gasteiger partial charge in [-0.15, -0.1) is 0 Å². The smallest absolute Gasteiger partial charge is 0.0429 e. The maximum atomic E-state index is 5.74. The fourth-order valence-electron chi connectivity index (χ4n) is 2.45. The second-order valence-corrected chi connectivity index (χ2v) is 5.10. The molecule has 0 aliphatic carbocycles. The highest BCUT2D eigenvalue weighted by Gasteiger charge is 2.06. The van der Waals surface area contributed by atoms with E-state index in [9.17, 15) is 0 Å². The minimum atomic E-state index is 0.811. The van der Waals surface area contributed by atoms with Crippen LogP contribution in [0.2, 0.25) is 0 Å². The van der Waals surface area contributed by atoms with Crippen LogP contribution in [0.3, 0.4) is 0 Å². The SMILES string of the molecule is CCN(Cc1cc(C)cc(C)c1)c1ccc(N)cc1. The molecule has 0 aromatic heterocycles. The molecule has 2 N–H and O–H groups in total. The summed E-state index contributed by atoms with van der Waals surface area (Å²) in [7, 11) is 0. The highest BCUT2D eigenvalue weighted by molar-refractivity contribution is 5.53. The summed E-state index contributed by atoms with van der Waals surface area (Å²) in [6, 6.07) is 14.8. The number of nitrogen functional groups attached to an aromatic ring is 1. The zero-order valence-corrected chi connectivity index (χ0v) is 12.0. The molecule has 19 heavy (non-hydrogen) atoms. The van der Waals surface area contributed by atoms with E-state index in [2.05, 4.69) is 56.0 Å². The summed E-state index contributed by atoms with van der Waals surface area (Å²) < 4.78 is 0. The number of benzene rings is 2. The lowest BCUT2D eigenvalue weighted by Gasteiger charge is -2.23. The van der Waals surface area contributed by atoms with Gasteiger partial charge in [-0.3, -0.25) is 0 Å². The minimum Gasteiger partial charge on any atom is -0.399 e. The van der Waals surface area contributed by atoms with E-state index < -0.39 is 0 Å². The van der Waals surface area contributed by atoms with Crippen LogP contribution in [-0.4, -0.2) is 6.54 Å². The van der Waals surface area contributed by atoms with E-state index in [1.54, 1.807) is 0 Å². The topological polar surface area (TPSA) is 29.3 Å². The van der Waals surface area contributed by atoms with E-state index in [4.69, 9.17) is 5.73 Å². The maximum absolute atomic E-state index is 5.74. The van der Waals surface area contributed by atoms with Gasteiger partial charge in [0.1, 0.15) is 0 Å². The van der Waals surface area contributed by atoms with E-state index in [0.29, 0.717) is 0 Å². The molecule has 0 aliphatic heterocycles. The molecule has 0 heterocycles. The molecule has 0 bridgehead atoms. The number of nitrogens with two attached hydrogens (primary N) is 1. The van der Waals surface area contributed by atoms with Crippen LogP contribution >= 0.6 is 0 Å². The van der Waals surface area contributed by atoms with Crippen LogP contribution in [0.4, 0.5) is 11.4 Å². The first kappa shape index (κ1) is 13.5. The number of hydrogen-bond donors (Lipinski definition) is 1. The molecule has 0 unspecified atom stereocenters. The minimum absolute atomic E-state index is 0.811. The Morgan fingerprint density at radius 3 is 2.05 bits per heavy atom. The Morgan fingerprint density at radius 2 is 1.53 bits per heavy atom. The van der Waals surface area contributed by atoms with Crippen LogP contribution in [0.5, 0.6) is 0 Å². The van der Waals surface area contributed by atoms with E-state index in [0.717, 1.165) is 18.8 Å². The first-order valence-electron chi connectivity index (χ1n) is 6.76. The van der Waals surface area contributed by atoms with E-state index >= 15 is 0 Å². The average molecular weight is 254 g/mol. The van der Waals surface area contributed by atoms with Gasteiger partial charge in [0, 0.05) is 24.5 Å². The molecular formula is C17H22N2. The molecule has 2 aromatic carbocycles. The van der Waals surface area contributed by atoms with Crippen molar-refractivity contribution in [1.82, 2.24) is 0 Å². The highest BCUT2D eigenvalue weighted by Crippen LogP contribution is 2.19. The summed E-state index contributed by atoms with van der Waals surface area (Å²) in [6.45, 7) is 8.39.